The second-order valence-electron chi connectivity index (χ2n) is 7.89. The Balaban J connectivity index is 1.87. The van der Waals surface area contributed by atoms with E-state index in [2.05, 4.69) is 4.74 Å². The quantitative estimate of drug-likeness (QED) is 0.744. The molecule has 2 heterocycles. The number of nitrogens with zero attached hydrogens (tertiary/aromatic N) is 1. The minimum atomic E-state index is -4.74. The fraction of sp³-hybridized carbons (Fsp3) is 0.667. The summed E-state index contributed by atoms with van der Waals surface area (Å²) in [5.74, 6) is -0.200. The summed E-state index contributed by atoms with van der Waals surface area (Å²) in [5, 5.41) is 0. The molecular formula is C18H25BF3NO4. The number of hydrogen-bond acceptors (Lipinski definition) is 5. The maximum Gasteiger partial charge on any atom is 0.573 e. The first-order valence-corrected chi connectivity index (χ1v) is 9.01. The number of hydrogen-bond donors (Lipinski definition) is 0. The van der Waals surface area contributed by atoms with Gasteiger partial charge in [0.25, 0.3) is 0 Å². The van der Waals surface area contributed by atoms with E-state index >= 15 is 0 Å². The van der Waals surface area contributed by atoms with Gasteiger partial charge < -0.3 is 18.8 Å². The van der Waals surface area contributed by atoms with Gasteiger partial charge in [0.05, 0.1) is 24.4 Å². The zero-order chi connectivity index (χ0) is 19.9. The third kappa shape index (κ3) is 4.77. The van der Waals surface area contributed by atoms with E-state index in [0.29, 0.717) is 43.9 Å². The molecule has 5 nitrogen and oxygen atoms in total. The number of alkyl halides is 3. The van der Waals surface area contributed by atoms with Crippen LogP contribution in [-0.4, -0.2) is 55.9 Å². The molecule has 0 aromatic heterocycles. The van der Waals surface area contributed by atoms with Gasteiger partial charge in [-0.25, -0.2) is 0 Å². The Morgan fingerprint density at radius 2 is 1.67 bits per heavy atom. The van der Waals surface area contributed by atoms with Gasteiger partial charge in [-0.15, -0.1) is 13.2 Å². The zero-order valence-electron chi connectivity index (χ0n) is 16.1. The Kier molecular flexibility index (Phi) is 5.51. The summed E-state index contributed by atoms with van der Waals surface area (Å²) in [4.78, 5) is 2.04. The first kappa shape index (κ1) is 20.4. The second-order valence-corrected chi connectivity index (χ2v) is 7.89. The average Bonchev–Trinajstić information content (AvgIpc) is 2.77. The van der Waals surface area contributed by atoms with Crippen LogP contribution in [0.5, 0.6) is 5.75 Å². The highest BCUT2D eigenvalue weighted by atomic mass is 19.4. The molecule has 9 heteroatoms. The molecule has 2 fully saturated rings. The average molecular weight is 387 g/mol. The van der Waals surface area contributed by atoms with E-state index in [9.17, 15) is 13.2 Å². The van der Waals surface area contributed by atoms with Crippen molar-refractivity contribution in [2.45, 2.75) is 51.8 Å². The topological polar surface area (TPSA) is 40.2 Å². The third-order valence-electron chi connectivity index (χ3n) is 5.33. The summed E-state index contributed by atoms with van der Waals surface area (Å²) in [5.41, 5.74) is 0.0692. The molecule has 0 amide bonds. The first-order valence-electron chi connectivity index (χ1n) is 9.01. The second kappa shape index (κ2) is 7.27. The summed E-state index contributed by atoms with van der Waals surface area (Å²) in [7, 11) is -0.640. The van der Waals surface area contributed by atoms with Crippen LogP contribution in [0.2, 0.25) is 0 Å². The molecule has 0 atom stereocenters. The molecule has 1 aromatic rings. The summed E-state index contributed by atoms with van der Waals surface area (Å²) < 4.78 is 60.0. The lowest BCUT2D eigenvalue weighted by atomic mass is 9.78. The normalized spacial score (nSPS) is 22.9. The van der Waals surface area contributed by atoms with Gasteiger partial charge in [-0.2, -0.15) is 0 Å². The van der Waals surface area contributed by atoms with Crippen LogP contribution < -0.4 is 10.2 Å². The molecule has 2 aliphatic rings. The van der Waals surface area contributed by atoms with Crippen molar-refractivity contribution in [1.29, 1.82) is 0 Å². The van der Waals surface area contributed by atoms with Crippen LogP contribution in [0.4, 0.5) is 13.2 Å². The van der Waals surface area contributed by atoms with E-state index in [4.69, 9.17) is 14.0 Å². The lowest BCUT2D eigenvalue weighted by molar-refractivity contribution is -0.275. The predicted octanol–water partition coefficient (Wildman–Crippen LogP) is 2.72. The van der Waals surface area contributed by atoms with E-state index in [0.717, 1.165) is 0 Å². The van der Waals surface area contributed by atoms with Gasteiger partial charge in [0, 0.05) is 25.2 Å². The lowest BCUT2D eigenvalue weighted by Gasteiger charge is -2.32. The molecule has 0 radical (unpaired) electrons. The summed E-state index contributed by atoms with van der Waals surface area (Å²) in [6.45, 7) is 10.5. The van der Waals surface area contributed by atoms with E-state index in [1.165, 1.54) is 6.07 Å². The van der Waals surface area contributed by atoms with E-state index in [1.807, 2.05) is 32.6 Å². The molecule has 2 saturated heterocycles. The number of morpholine rings is 1. The number of halogens is 3. The van der Waals surface area contributed by atoms with Crippen molar-refractivity contribution in [1.82, 2.24) is 4.90 Å². The van der Waals surface area contributed by atoms with Crippen molar-refractivity contribution in [3.8, 4) is 5.75 Å². The summed E-state index contributed by atoms with van der Waals surface area (Å²) in [6, 6.07) is 4.58. The van der Waals surface area contributed by atoms with Gasteiger partial charge in [-0.05, 0) is 39.2 Å². The fourth-order valence-corrected chi connectivity index (χ4v) is 3.07. The smallest absolute Gasteiger partial charge is 0.405 e. The molecular weight excluding hydrogens is 362 g/mol. The lowest BCUT2D eigenvalue weighted by Crippen LogP contribution is -2.41. The predicted molar refractivity (Wildman–Crippen MR) is 94.9 cm³/mol. The first-order chi connectivity index (χ1) is 12.5. The SMILES string of the molecule is CC1(C)OB(c2ccc(OC(F)(F)F)c(CN3CCOCC3)c2)OC1(C)C. The molecule has 150 valence electrons. The standard InChI is InChI=1S/C18H25BF3NO4/c1-16(2)17(3,4)27-19(26-16)14-5-6-15(25-18(20,21)22)13(11-14)12-23-7-9-24-10-8-23/h5-6,11H,7-10,12H2,1-4H3. The van der Waals surface area contributed by atoms with Crippen LogP contribution in [0.1, 0.15) is 33.3 Å². The van der Waals surface area contributed by atoms with Crippen molar-refractivity contribution >= 4 is 12.6 Å². The van der Waals surface area contributed by atoms with Gasteiger partial charge in [0.2, 0.25) is 0 Å². The van der Waals surface area contributed by atoms with Crippen molar-refractivity contribution < 1.29 is 32.0 Å². The molecule has 0 spiro atoms. The van der Waals surface area contributed by atoms with E-state index in [-0.39, 0.29) is 5.75 Å². The fourth-order valence-electron chi connectivity index (χ4n) is 3.07. The summed E-state index contributed by atoms with van der Waals surface area (Å²) >= 11 is 0. The van der Waals surface area contributed by atoms with E-state index < -0.39 is 24.7 Å². The highest BCUT2D eigenvalue weighted by molar-refractivity contribution is 6.62. The molecule has 0 N–H and O–H groups in total. The minimum absolute atomic E-state index is 0.200. The van der Waals surface area contributed by atoms with E-state index in [1.54, 1.807) is 12.1 Å². The van der Waals surface area contributed by atoms with Crippen LogP contribution in [0, 0.1) is 0 Å². The zero-order valence-corrected chi connectivity index (χ0v) is 16.1. The van der Waals surface area contributed by atoms with Crippen molar-refractivity contribution in [2.75, 3.05) is 26.3 Å². The number of rotatable bonds is 4. The molecule has 0 aliphatic carbocycles. The Bertz CT molecular complexity index is 659. The van der Waals surface area contributed by atoms with Crippen LogP contribution in [0.15, 0.2) is 18.2 Å². The highest BCUT2D eigenvalue weighted by Crippen LogP contribution is 2.37. The van der Waals surface area contributed by atoms with Gasteiger partial charge in [0.15, 0.2) is 0 Å². The van der Waals surface area contributed by atoms with Crippen molar-refractivity contribution in [3.63, 3.8) is 0 Å². The molecule has 1 aromatic carbocycles. The van der Waals surface area contributed by atoms with Crippen LogP contribution in [0.25, 0.3) is 0 Å². The van der Waals surface area contributed by atoms with Crippen molar-refractivity contribution in [3.05, 3.63) is 23.8 Å². The minimum Gasteiger partial charge on any atom is -0.405 e. The maximum atomic E-state index is 12.8. The number of ether oxygens (including phenoxy) is 2. The number of benzene rings is 1. The van der Waals surface area contributed by atoms with Gasteiger partial charge in [-0.3, -0.25) is 4.90 Å². The molecule has 0 unspecified atom stereocenters. The Labute approximate surface area is 157 Å². The largest absolute Gasteiger partial charge is 0.573 e. The Hall–Kier alpha value is -1.29. The van der Waals surface area contributed by atoms with Crippen molar-refractivity contribution in [2.24, 2.45) is 0 Å². The van der Waals surface area contributed by atoms with Gasteiger partial charge in [-0.1, -0.05) is 12.1 Å². The molecule has 3 rings (SSSR count). The molecule has 0 saturated carbocycles. The monoisotopic (exact) mass is 387 g/mol. The van der Waals surface area contributed by atoms with Crippen LogP contribution in [-0.2, 0) is 20.6 Å². The van der Waals surface area contributed by atoms with Gasteiger partial charge >= 0.3 is 13.5 Å². The molecule has 2 aliphatic heterocycles. The molecule has 27 heavy (non-hydrogen) atoms. The van der Waals surface area contributed by atoms with Crippen LogP contribution >= 0.6 is 0 Å². The highest BCUT2D eigenvalue weighted by Gasteiger charge is 2.51. The maximum absolute atomic E-state index is 12.8. The van der Waals surface area contributed by atoms with Gasteiger partial charge in [0.1, 0.15) is 5.75 Å². The Morgan fingerprint density at radius 3 is 2.22 bits per heavy atom. The van der Waals surface area contributed by atoms with Crippen LogP contribution in [0.3, 0.4) is 0 Å². The molecule has 0 bridgehead atoms. The Morgan fingerprint density at radius 1 is 1.07 bits per heavy atom. The summed E-state index contributed by atoms with van der Waals surface area (Å²) in [6.07, 6.45) is -4.74. The third-order valence-corrected chi connectivity index (χ3v) is 5.33.